The minimum absolute atomic E-state index is 0.202. The quantitative estimate of drug-likeness (QED) is 0.255. The topological polar surface area (TPSA) is 24.7 Å². The SMILES string of the molecule is COCCN1/C(=C\C=C2\CCCC(/C=C/C3=[N+](CCOC)c4ccc(Cl)cc4C3(C)C)=C2Cl)C(C)(C)c2cc(Cl)ccc21. The number of fused-ring (bicyclic) bond motifs is 2. The van der Waals surface area contributed by atoms with Crippen molar-refractivity contribution in [2.45, 2.75) is 57.8 Å². The van der Waals surface area contributed by atoms with Crippen LogP contribution in [0, 0.1) is 0 Å². The van der Waals surface area contributed by atoms with E-state index in [0.717, 1.165) is 47.4 Å². The van der Waals surface area contributed by atoms with Crippen LogP contribution in [0.25, 0.3) is 0 Å². The molecule has 1 aliphatic carbocycles. The van der Waals surface area contributed by atoms with Gasteiger partial charge in [0.25, 0.3) is 0 Å². The van der Waals surface area contributed by atoms with Crippen molar-refractivity contribution in [1.29, 1.82) is 0 Å². The Morgan fingerprint density at radius 3 is 2.26 bits per heavy atom. The number of hydrogen-bond donors (Lipinski definition) is 0. The van der Waals surface area contributed by atoms with E-state index in [-0.39, 0.29) is 10.8 Å². The second-order valence-corrected chi connectivity index (χ2v) is 13.8. The number of ether oxygens (including phenoxy) is 2. The number of nitrogens with zero attached hydrogens (tertiary/aromatic N) is 2. The van der Waals surface area contributed by atoms with Crippen molar-refractivity contribution in [3.8, 4) is 0 Å². The lowest BCUT2D eigenvalue weighted by Gasteiger charge is -2.27. The molecule has 0 saturated carbocycles. The van der Waals surface area contributed by atoms with Crippen LogP contribution >= 0.6 is 34.8 Å². The molecule has 0 amide bonds. The monoisotopic (exact) mass is 639 g/mol. The smallest absolute Gasteiger partial charge is 0.209 e. The van der Waals surface area contributed by atoms with Crippen LogP contribution in [0.3, 0.4) is 0 Å². The van der Waals surface area contributed by atoms with Crippen LogP contribution in [-0.2, 0) is 20.3 Å². The molecule has 0 unspecified atom stereocenters. The second-order valence-electron chi connectivity index (χ2n) is 12.5. The number of allylic oxidation sites excluding steroid dienone is 8. The van der Waals surface area contributed by atoms with Gasteiger partial charge in [-0.15, -0.1) is 0 Å². The van der Waals surface area contributed by atoms with Gasteiger partial charge in [-0.1, -0.05) is 60.8 Å². The number of halogens is 3. The summed E-state index contributed by atoms with van der Waals surface area (Å²) in [5, 5.41) is 2.35. The summed E-state index contributed by atoms with van der Waals surface area (Å²) in [6.07, 6.45) is 11.9. The lowest BCUT2D eigenvalue weighted by molar-refractivity contribution is -0.441. The van der Waals surface area contributed by atoms with Crippen LogP contribution in [0.5, 0.6) is 0 Å². The molecule has 2 heterocycles. The molecule has 43 heavy (non-hydrogen) atoms. The molecule has 0 aromatic heterocycles. The van der Waals surface area contributed by atoms with Crippen molar-refractivity contribution in [3.63, 3.8) is 0 Å². The molecule has 0 spiro atoms. The van der Waals surface area contributed by atoms with Crippen LogP contribution in [-0.4, -0.2) is 50.8 Å². The van der Waals surface area contributed by atoms with E-state index in [1.807, 2.05) is 12.1 Å². The third-order valence-electron chi connectivity index (χ3n) is 9.09. The molecule has 4 nitrogen and oxygen atoms in total. The first kappa shape index (κ1) is 32.1. The molecule has 0 bridgehead atoms. The van der Waals surface area contributed by atoms with E-state index in [9.17, 15) is 0 Å². The number of methoxy groups -OCH3 is 2. The molecule has 2 aromatic carbocycles. The van der Waals surface area contributed by atoms with Gasteiger partial charge in [0.2, 0.25) is 5.69 Å². The highest BCUT2D eigenvalue weighted by molar-refractivity contribution is 6.33. The third kappa shape index (κ3) is 6.15. The Kier molecular flexibility index (Phi) is 9.66. The van der Waals surface area contributed by atoms with Crippen LogP contribution in [0.1, 0.15) is 58.1 Å². The highest BCUT2D eigenvalue weighted by Gasteiger charge is 2.44. The van der Waals surface area contributed by atoms with Crippen LogP contribution < -0.4 is 4.90 Å². The molecule has 3 aliphatic rings. The van der Waals surface area contributed by atoms with Gasteiger partial charge in [-0.25, -0.2) is 0 Å². The average molecular weight is 641 g/mol. The standard InChI is InChI=1S/C36H42Cl3N2O2/c1-35(2)28-22-26(37)12-14-30(28)40(18-20-42-5)32(35)16-10-24-8-7-9-25(34(24)39)11-17-33-36(3,4)29-23-27(38)13-15-31(29)41(33)19-21-43-6/h10-17,22-23H,7-9,18-21H2,1-6H3/q+1. The molecule has 5 rings (SSSR count). The molecular weight excluding hydrogens is 599 g/mol. The van der Waals surface area contributed by atoms with E-state index < -0.39 is 0 Å². The maximum atomic E-state index is 7.14. The Labute approximate surface area is 271 Å². The molecule has 0 saturated heterocycles. The summed E-state index contributed by atoms with van der Waals surface area (Å²) in [5.74, 6) is 0. The summed E-state index contributed by atoms with van der Waals surface area (Å²) in [6, 6.07) is 12.3. The van der Waals surface area contributed by atoms with Crippen LogP contribution in [0.15, 0.2) is 82.6 Å². The van der Waals surface area contributed by atoms with E-state index >= 15 is 0 Å². The van der Waals surface area contributed by atoms with E-state index in [4.69, 9.17) is 44.3 Å². The first-order chi connectivity index (χ1) is 20.5. The molecule has 2 aromatic rings. The largest absolute Gasteiger partial charge is 0.383 e. The van der Waals surface area contributed by atoms with Gasteiger partial charge in [-0.2, -0.15) is 4.58 Å². The van der Waals surface area contributed by atoms with E-state index in [1.165, 1.54) is 45.1 Å². The third-order valence-corrected chi connectivity index (χ3v) is 10.0. The van der Waals surface area contributed by atoms with E-state index in [1.54, 1.807) is 14.2 Å². The van der Waals surface area contributed by atoms with Crippen molar-refractivity contribution in [1.82, 2.24) is 0 Å². The summed E-state index contributed by atoms with van der Waals surface area (Å²) in [5.41, 5.74) is 9.18. The summed E-state index contributed by atoms with van der Waals surface area (Å²) in [4.78, 5) is 2.35. The Hall–Kier alpha value is -2.34. The zero-order valence-corrected chi connectivity index (χ0v) is 28.3. The van der Waals surface area contributed by atoms with Gasteiger partial charge in [-0.3, -0.25) is 0 Å². The average Bonchev–Trinajstić information content (AvgIpc) is 3.31. The van der Waals surface area contributed by atoms with Crippen LogP contribution in [0.2, 0.25) is 10.0 Å². The van der Waals surface area contributed by atoms with Gasteiger partial charge in [0, 0.05) is 70.3 Å². The fraction of sp³-hybridized carbons (Fsp3) is 0.417. The zero-order chi connectivity index (χ0) is 30.9. The normalized spacial score (nSPS) is 21.1. The molecular formula is C36H42Cl3N2O2+. The zero-order valence-electron chi connectivity index (χ0n) is 26.1. The lowest BCUT2D eigenvalue weighted by atomic mass is 9.81. The molecule has 228 valence electrons. The maximum absolute atomic E-state index is 7.14. The van der Waals surface area contributed by atoms with Gasteiger partial charge in [0.15, 0.2) is 12.3 Å². The first-order valence-electron chi connectivity index (χ1n) is 15.0. The minimum Gasteiger partial charge on any atom is -0.383 e. The van der Waals surface area contributed by atoms with Gasteiger partial charge in [-0.05, 0) is 86.2 Å². The van der Waals surface area contributed by atoms with Crippen molar-refractivity contribution >= 4 is 51.9 Å². The molecule has 0 fully saturated rings. The highest BCUT2D eigenvalue weighted by atomic mass is 35.5. The van der Waals surface area contributed by atoms with Gasteiger partial charge in [0.1, 0.15) is 6.61 Å². The summed E-state index contributed by atoms with van der Waals surface area (Å²) < 4.78 is 13.3. The minimum atomic E-state index is -0.202. The number of benzene rings is 2. The predicted octanol–water partition coefficient (Wildman–Crippen LogP) is 9.50. The fourth-order valence-corrected chi connectivity index (χ4v) is 7.37. The van der Waals surface area contributed by atoms with Crippen molar-refractivity contribution in [3.05, 3.63) is 104 Å². The van der Waals surface area contributed by atoms with Crippen molar-refractivity contribution in [2.24, 2.45) is 0 Å². The van der Waals surface area contributed by atoms with E-state index in [2.05, 4.69) is 85.7 Å². The molecule has 0 atom stereocenters. The number of rotatable bonds is 9. The van der Waals surface area contributed by atoms with Crippen LogP contribution in [0.4, 0.5) is 11.4 Å². The Bertz CT molecular complexity index is 1560. The molecule has 2 aliphatic heterocycles. The Morgan fingerprint density at radius 1 is 0.837 bits per heavy atom. The van der Waals surface area contributed by atoms with Crippen molar-refractivity contribution in [2.75, 3.05) is 45.4 Å². The fourth-order valence-electron chi connectivity index (χ4n) is 6.71. The summed E-state index contributed by atoms with van der Waals surface area (Å²) in [7, 11) is 3.49. The van der Waals surface area contributed by atoms with Crippen molar-refractivity contribution < 1.29 is 14.0 Å². The Balaban J connectivity index is 1.50. The van der Waals surface area contributed by atoms with Gasteiger partial charge < -0.3 is 14.4 Å². The number of hydrogen-bond acceptors (Lipinski definition) is 3. The van der Waals surface area contributed by atoms with Gasteiger partial charge >= 0.3 is 0 Å². The summed E-state index contributed by atoms with van der Waals surface area (Å²) >= 11 is 20.0. The lowest BCUT2D eigenvalue weighted by Crippen LogP contribution is -2.29. The molecule has 0 N–H and O–H groups in total. The Morgan fingerprint density at radius 2 is 1.53 bits per heavy atom. The van der Waals surface area contributed by atoms with E-state index in [0.29, 0.717) is 13.2 Å². The number of anilines is 1. The summed E-state index contributed by atoms with van der Waals surface area (Å²) in [6.45, 7) is 11.8. The second kappa shape index (κ2) is 12.9. The maximum Gasteiger partial charge on any atom is 0.209 e. The van der Waals surface area contributed by atoms with Gasteiger partial charge in [0.05, 0.1) is 12.0 Å². The predicted molar refractivity (Wildman–Crippen MR) is 182 cm³/mol. The molecule has 0 radical (unpaired) electrons. The highest BCUT2D eigenvalue weighted by Crippen LogP contribution is 2.49. The molecule has 7 heteroatoms. The first-order valence-corrected chi connectivity index (χ1v) is 16.1.